The van der Waals surface area contributed by atoms with Gasteiger partial charge in [0, 0.05) is 13.3 Å². The average molecular weight is 331 g/mol. The molecule has 0 rings (SSSR count). The lowest BCUT2D eigenvalue weighted by atomic mass is 9.85. The predicted molar refractivity (Wildman–Crippen MR) is 84.8 cm³/mol. The lowest BCUT2D eigenvalue weighted by Crippen LogP contribution is -2.49. The Morgan fingerprint density at radius 2 is 1.78 bits per heavy atom. The molecule has 2 N–H and O–H groups in total. The number of rotatable bonds is 10. The highest BCUT2D eigenvalue weighted by Crippen LogP contribution is 2.24. The molecule has 7 nitrogen and oxygen atoms in total. The fraction of sp³-hybridized carbons (Fsp3) is 0.812. The van der Waals surface area contributed by atoms with Gasteiger partial charge in [-0.05, 0) is 19.3 Å². The Bertz CT molecular complexity index is 411. The van der Waals surface area contributed by atoms with Gasteiger partial charge in [-0.2, -0.15) is 0 Å². The van der Waals surface area contributed by atoms with Gasteiger partial charge in [-0.25, -0.2) is 4.79 Å². The van der Waals surface area contributed by atoms with E-state index in [9.17, 15) is 14.4 Å². The van der Waals surface area contributed by atoms with Gasteiger partial charge in [0.25, 0.3) is 0 Å². The summed E-state index contributed by atoms with van der Waals surface area (Å²) in [5.74, 6) is -1.21. The molecule has 0 aromatic rings. The van der Waals surface area contributed by atoms with E-state index in [-0.39, 0.29) is 18.8 Å². The van der Waals surface area contributed by atoms with E-state index >= 15 is 0 Å². The van der Waals surface area contributed by atoms with Crippen molar-refractivity contribution in [2.45, 2.75) is 78.6 Å². The van der Waals surface area contributed by atoms with Crippen LogP contribution in [0.4, 0.5) is 4.79 Å². The second-order valence-electron chi connectivity index (χ2n) is 6.17. The van der Waals surface area contributed by atoms with Crippen molar-refractivity contribution in [3.63, 3.8) is 0 Å². The number of ether oxygens (including phenoxy) is 2. The minimum atomic E-state index is -1.02. The zero-order valence-corrected chi connectivity index (χ0v) is 14.7. The number of alkyl carbamates (subject to hydrolysis) is 1. The van der Waals surface area contributed by atoms with Crippen LogP contribution >= 0.6 is 0 Å². The number of carbonyl (C=O) groups excluding carboxylic acids is 2. The molecule has 0 fully saturated rings. The molecule has 3 atom stereocenters. The second-order valence-corrected chi connectivity index (χ2v) is 6.17. The topological polar surface area (TPSA) is 102 Å². The molecule has 0 saturated heterocycles. The third-order valence-corrected chi connectivity index (χ3v) is 3.38. The quantitative estimate of drug-likeness (QED) is 0.471. The Morgan fingerprint density at radius 3 is 2.26 bits per heavy atom. The maximum atomic E-state index is 11.9. The van der Waals surface area contributed by atoms with Crippen molar-refractivity contribution < 1.29 is 29.0 Å². The maximum Gasteiger partial charge on any atom is 0.410 e. The average Bonchev–Trinajstić information content (AvgIpc) is 2.36. The van der Waals surface area contributed by atoms with Crippen molar-refractivity contribution in [3.05, 3.63) is 0 Å². The lowest BCUT2D eigenvalue weighted by molar-refractivity contribution is -0.164. The van der Waals surface area contributed by atoms with Gasteiger partial charge in [-0.3, -0.25) is 9.59 Å². The molecule has 0 aromatic heterocycles. The number of carbonyl (C=O) groups is 3. The first-order valence-corrected chi connectivity index (χ1v) is 8.02. The van der Waals surface area contributed by atoms with Crippen LogP contribution in [0.5, 0.6) is 0 Å². The number of nitrogens with one attached hydrogen (secondary N) is 1. The highest BCUT2D eigenvalue weighted by Gasteiger charge is 2.32. The standard InChI is InChI=1S/C16H29NO6/c1-6-8-11(3)9-16(5,10-13(18)19)17-15(21)23-12(4)22-14(20)7-2/h11-12H,6-10H2,1-5H3,(H,17,21)(H,18,19)/t11?,12-,16+/m0/s1. The summed E-state index contributed by atoms with van der Waals surface area (Å²) in [4.78, 5) is 34.2. The summed E-state index contributed by atoms with van der Waals surface area (Å²) < 4.78 is 9.80. The van der Waals surface area contributed by atoms with E-state index in [1.165, 1.54) is 6.92 Å². The largest absolute Gasteiger partial charge is 0.481 e. The molecule has 0 spiro atoms. The Kier molecular flexibility index (Phi) is 9.29. The Balaban J connectivity index is 4.71. The first kappa shape index (κ1) is 21.2. The van der Waals surface area contributed by atoms with E-state index in [4.69, 9.17) is 14.6 Å². The molecule has 23 heavy (non-hydrogen) atoms. The van der Waals surface area contributed by atoms with Crippen LogP contribution in [0, 0.1) is 5.92 Å². The van der Waals surface area contributed by atoms with Gasteiger partial charge in [-0.15, -0.1) is 0 Å². The molecule has 0 bridgehead atoms. The molecule has 0 heterocycles. The summed E-state index contributed by atoms with van der Waals surface area (Å²) >= 11 is 0. The van der Waals surface area contributed by atoms with Gasteiger partial charge in [0.15, 0.2) is 0 Å². The molecule has 134 valence electrons. The van der Waals surface area contributed by atoms with Crippen molar-refractivity contribution in [3.8, 4) is 0 Å². The van der Waals surface area contributed by atoms with Crippen LogP contribution in [-0.2, 0) is 19.1 Å². The molecule has 7 heteroatoms. The zero-order chi connectivity index (χ0) is 18.0. The van der Waals surface area contributed by atoms with Crippen LogP contribution in [0.25, 0.3) is 0 Å². The number of amides is 1. The molecule has 0 aliphatic carbocycles. The highest BCUT2D eigenvalue weighted by molar-refractivity contribution is 5.73. The monoisotopic (exact) mass is 331 g/mol. The molecule has 0 aliphatic rings. The number of esters is 1. The van der Waals surface area contributed by atoms with Crippen LogP contribution in [0.15, 0.2) is 0 Å². The summed E-state index contributed by atoms with van der Waals surface area (Å²) in [6.07, 6.45) is 0.596. The zero-order valence-electron chi connectivity index (χ0n) is 14.7. The molecule has 1 unspecified atom stereocenters. The van der Waals surface area contributed by atoms with Crippen molar-refractivity contribution in [1.29, 1.82) is 0 Å². The second kappa shape index (κ2) is 10.1. The Labute approximate surface area is 137 Å². The number of hydrogen-bond acceptors (Lipinski definition) is 5. The first-order chi connectivity index (χ1) is 10.6. The normalized spacial score (nSPS) is 15.9. The summed E-state index contributed by atoms with van der Waals surface area (Å²) in [5.41, 5.74) is -0.925. The van der Waals surface area contributed by atoms with Crippen molar-refractivity contribution in [2.75, 3.05) is 0 Å². The van der Waals surface area contributed by atoms with E-state index < -0.39 is 29.9 Å². The van der Waals surface area contributed by atoms with Crippen molar-refractivity contribution in [2.24, 2.45) is 5.92 Å². The van der Waals surface area contributed by atoms with Crippen molar-refractivity contribution >= 4 is 18.0 Å². The minimum absolute atomic E-state index is 0.181. The van der Waals surface area contributed by atoms with Crippen LogP contribution in [0.3, 0.4) is 0 Å². The highest BCUT2D eigenvalue weighted by atomic mass is 16.7. The maximum absolute atomic E-state index is 11.9. The summed E-state index contributed by atoms with van der Waals surface area (Å²) in [7, 11) is 0. The number of hydrogen-bond donors (Lipinski definition) is 2. The summed E-state index contributed by atoms with van der Waals surface area (Å²) in [6.45, 7) is 8.81. The smallest absolute Gasteiger partial charge is 0.410 e. The SMILES string of the molecule is CCCC(C)C[C@](C)(CC(=O)O)NC(=O)O[C@@H](C)OC(=O)CC. The third kappa shape index (κ3) is 9.76. The molecule has 0 radical (unpaired) electrons. The van der Waals surface area contributed by atoms with Crippen LogP contribution in [0.2, 0.25) is 0 Å². The van der Waals surface area contributed by atoms with E-state index in [1.807, 2.05) is 6.92 Å². The summed E-state index contributed by atoms with van der Waals surface area (Å²) in [5, 5.41) is 11.7. The fourth-order valence-corrected chi connectivity index (χ4v) is 2.58. The number of carboxylic acid groups (broad SMARTS) is 1. The van der Waals surface area contributed by atoms with E-state index in [2.05, 4.69) is 12.2 Å². The van der Waals surface area contributed by atoms with Crippen LogP contribution in [0.1, 0.15) is 66.7 Å². The fourth-order valence-electron chi connectivity index (χ4n) is 2.58. The molecule has 0 saturated carbocycles. The third-order valence-electron chi connectivity index (χ3n) is 3.38. The van der Waals surface area contributed by atoms with Gasteiger partial charge >= 0.3 is 18.0 Å². The first-order valence-electron chi connectivity index (χ1n) is 8.02. The Morgan fingerprint density at radius 1 is 1.17 bits per heavy atom. The van der Waals surface area contributed by atoms with Gasteiger partial charge in [0.2, 0.25) is 6.29 Å². The Hall–Kier alpha value is -1.79. The van der Waals surface area contributed by atoms with Crippen LogP contribution in [-0.4, -0.2) is 35.0 Å². The molecular formula is C16H29NO6. The van der Waals surface area contributed by atoms with E-state index in [1.54, 1.807) is 13.8 Å². The molecule has 0 aromatic carbocycles. The van der Waals surface area contributed by atoms with Crippen molar-refractivity contribution in [1.82, 2.24) is 5.32 Å². The van der Waals surface area contributed by atoms with E-state index in [0.29, 0.717) is 6.42 Å². The van der Waals surface area contributed by atoms with Gasteiger partial charge < -0.3 is 19.9 Å². The predicted octanol–water partition coefficient (Wildman–Crippen LogP) is 3.07. The lowest BCUT2D eigenvalue weighted by Gasteiger charge is -2.32. The molecular weight excluding hydrogens is 302 g/mol. The number of aliphatic carboxylic acids is 1. The van der Waals surface area contributed by atoms with Gasteiger partial charge in [0.1, 0.15) is 0 Å². The minimum Gasteiger partial charge on any atom is -0.481 e. The molecule has 1 amide bonds. The summed E-state index contributed by atoms with van der Waals surface area (Å²) in [6, 6.07) is 0. The number of carboxylic acids is 1. The van der Waals surface area contributed by atoms with Gasteiger partial charge in [0.05, 0.1) is 12.0 Å². The van der Waals surface area contributed by atoms with Crippen LogP contribution < -0.4 is 5.32 Å². The molecule has 0 aliphatic heterocycles. The van der Waals surface area contributed by atoms with Gasteiger partial charge in [-0.1, -0.05) is 33.6 Å². The van der Waals surface area contributed by atoms with E-state index in [0.717, 1.165) is 12.8 Å².